The van der Waals surface area contributed by atoms with Crippen LogP contribution < -0.4 is 5.32 Å². The lowest BCUT2D eigenvalue weighted by atomic mass is 10.2. The Labute approximate surface area is 151 Å². The maximum Gasteiger partial charge on any atom is 0.261 e. The summed E-state index contributed by atoms with van der Waals surface area (Å²) >= 11 is 1.53. The number of carbonyl (C=O) groups is 2. The van der Waals surface area contributed by atoms with Crippen LogP contribution in [0, 0.1) is 0 Å². The van der Waals surface area contributed by atoms with Gasteiger partial charge in [0.05, 0.1) is 10.9 Å². The van der Waals surface area contributed by atoms with E-state index < -0.39 is 0 Å². The van der Waals surface area contributed by atoms with Crippen molar-refractivity contribution in [3.63, 3.8) is 0 Å². The van der Waals surface area contributed by atoms with Crippen LogP contribution in [0.2, 0.25) is 0 Å². The molecule has 1 unspecified atom stereocenters. The summed E-state index contributed by atoms with van der Waals surface area (Å²) in [4.78, 5) is 28.7. The largest absolute Gasteiger partial charge is 0.354 e. The van der Waals surface area contributed by atoms with Gasteiger partial charge in [0.1, 0.15) is 0 Å². The molecule has 25 heavy (non-hydrogen) atoms. The average molecular weight is 357 g/mol. The number of aryl methyl sites for hydroxylation is 1. The Kier molecular flexibility index (Phi) is 4.61. The molecule has 2 amide bonds. The molecule has 0 radical (unpaired) electrons. The fraction of sp³-hybridized carbons (Fsp3) is 0.474. The highest BCUT2D eigenvalue weighted by molar-refractivity contribution is 7.14. The number of amides is 2. The van der Waals surface area contributed by atoms with Crippen LogP contribution in [-0.4, -0.2) is 33.9 Å². The molecule has 0 aromatic carbocycles. The van der Waals surface area contributed by atoms with Gasteiger partial charge in [0.15, 0.2) is 0 Å². The summed E-state index contributed by atoms with van der Waals surface area (Å²) in [6.45, 7) is 1.53. The molecular weight excluding hydrogens is 334 g/mol. The first kappa shape index (κ1) is 16.4. The second-order valence-corrected chi connectivity index (χ2v) is 7.98. The predicted octanol–water partition coefficient (Wildman–Crippen LogP) is 3.20. The summed E-state index contributed by atoms with van der Waals surface area (Å²) in [5.74, 6) is 0.232. The molecule has 2 aromatic rings. The van der Waals surface area contributed by atoms with Gasteiger partial charge >= 0.3 is 0 Å². The predicted molar refractivity (Wildman–Crippen MR) is 97.5 cm³/mol. The van der Waals surface area contributed by atoms with E-state index in [1.807, 2.05) is 46.1 Å². The molecule has 0 spiro atoms. The number of nitrogens with one attached hydrogen (secondary N) is 1. The maximum atomic E-state index is 12.7. The van der Waals surface area contributed by atoms with Crippen molar-refractivity contribution in [3.05, 3.63) is 46.4 Å². The van der Waals surface area contributed by atoms with E-state index >= 15 is 0 Å². The zero-order valence-electron chi connectivity index (χ0n) is 14.2. The molecule has 3 heterocycles. The molecule has 1 N–H and O–H groups in total. The minimum atomic E-state index is 0.0298. The topological polar surface area (TPSA) is 54.3 Å². The second kappa shape index (κ2) is 7.04. The van der Waals surface area contributed by atoms with E-state index in [1.165, 1.54) is 11.3 Å². The zero-order chi connectivity index (χ0) is 17.2. The molecule has 2 aliphatic rings. The average Bonchev–Trinajstić information content (AvgIpc) is 3.10. The highest BCUT2D eigenvalue weighted by Crippen LogP contribution is 2.36. The fourth-order valence-corrected chi connectivity index (χ4v) is 4.45. The first-order valence-corrected chi connectivity index (χ1v) is 9.83. The zero-order valence-corrected chi connectivity index (χ0v) is 15.0. The van der Waals surface area contributed by atoms with Crippen molar-refractivity contribution in [2.75, 3.05) is 6.54 Å². The summed E-state index contributed by atoms with van der Waals surface area (Å²) in [5, 5.41) is 3.03. The highest BCUT2D eigenvalue weighted by Gasteiger charge is 2.31. The number of nitrogens with zero attached hydrogens (tertiary/aromatic N) is 2. The summed E-state index contributed by atoms with van der Waals surface area (Å²) in [7, 11) is 0. The van der Waals surface area contributed by atoms with Gasteiger partial charge in [0.25, 0.3) is 5.91 Å². The normalized spacial score (nSPS) is 20.0. The van der Waals surface area contributed by atoms with Gasteiger partial charge in [-0.05, 0) is 49.9 Å². The quantitative estimate of drug-likeness (QED) is 0.863. The molecule has 1 aliphatic carbocycles. The Morgan fingerprint density at radius 1 is 1.16 bits per heavy atom. The third-order valence-electron chi connectivity index (χ3n) is 4.91. The van der Waals surface area contributed by atoms with Crippen LogP contribution in [0.5, 0.6) is 0 Å². The summed E-state index contributed by atoms with van der Waals surface area (Å²) in [6, 6.07) is 8.38. The van der Waals surface area contributed by atoms with Gasteiger partial charge in [0.2, 0.25) is 5.91 Å². The molecule has 1 aliphatic heterocycles. The summed E-state index contributed by atoms with van der Waals surface area (Å²) < 4.78 is 2.04. The lowest BCUT2D eigenvalue weighted by Gasteiger charge is -2.24. The number of hydrogen-bond donors (Lipinski definition) is 1. The Balaban J connectivity index is 1.39. The Hall–Kier alpha value is -2.08. The van der Waals surface area contributed by atoms with E-state index in [4.69, 9.17) is 0 Å². The maximum absolute atomic E-state index is 12.7. The van der Waals surface area contributed by atoms with Crippen molar-refractivity contribution in [1.82, 2.24) is 14.8 Å². The molecule has 2 fully saturated rings. The Bertz CT molecular complexity index is 749. The number of carbonyl (C=O) groups excluding carboxylic acids is 2. The van der Waals surface area contributed by atoms with Crippen LogP contribution in [-0.2, 0) is 11.3 Å². The third-order valence-corrected chi connectivity index (χ3v) is 6.10. The van der Waals surface area contributed by atoms with Gasteiger partial charge < -0.3 is 14.8 Å². The van der Waals surface area contributed by atoms with Crippen molar-refractivity contribution in [1.29, 1.82) is 0 Å². The van der Waals surface area contributed by atoms with Crippen molar-refractivity contribution < 1.29 is 9.59 Å². The molecule has 5 nitrogen and oxygen atoms in total. The number of rotatable bonds is 6. The number of hydrogen-bond acceptors (Lipinski definition) is 3. The van der Waals surface area contributed by atoms with Gasteiger partial charge in [-0.1, -0.05) is 0 Å². The lowest BCUT2D eigenvalue weighted by Crippen LogP contribution is -2.30. The van der Waals surface area contributed by atoms with E-state index in [-0.39, 0.29) is 17.9 Å². The molecule has 0 bridgehead atoms. The van der Waals surface area contributed by atoms with Crippen LogP contribution in [0.15, 0.2) is 36.7 Å². The van der Waals surface area contributed by atoms with Gasteiger partial charge in [0, 0.05) is 42.8 Å². The van der Waals surface area contributed by atoms with Crippen molar-refractivity contribution in [2.45, 2.75) is 50.7 Å². The van der Waals surface area contributed by atoms with E-state index in [9.17, 15) is 9.59 Å². The van der Waals surface area contributed by atoms with Crippen LogP contribution in [0.3, 0.4) is 0 Å². The molecule has 4 rings (SSSR count). The fourth-order valence-electron chi connectivity index (χ4n) is 3.39. The van der Waals surface area contributed by atoms with E-state index in [0.717, 1.165) is 42.0 Å². The van der Waals surface area contributed by atoms with E-state index in [2.05, 4.69) is 5.32 Å². The summed E-state index contributed by atoms with van der Waals surface area (Å²) in [6.07, 6.45) is 8.69. The summed E-state index contributed by atoms with van der Waals surface area (Å²) in [5.41, 5.74) is 0. The molecule has 6 heteroatoms. The third kappa shape index (κ3) is 3.79. The Morgan fingerprint density at radius 2 is 1.96 bits per heavy atom. The minimum Gasteiger partial charge on any atom is -0.354 e. The van der Waals surface area contributed by atoms with Gasteiger partial charge in [-0.15, -0.1) is 11.3 Å². The second-order valence-electron chi connectivity index (χ2n) is 6.87. The molecule has 1 saturated heterocycles. The number of thiophene rings is 1. The smallest absolute Gasteiger partial charge is 0.261 e. The van der Waals surface area contributed by atoms with Gasteiger partial charge in [-0.2, -0.15) is 0 Å². The minimum absolute atomic E-state index is 0.0298. The first-order chi connectivity index (χ1) is 12.2. The van der Waals surface area contributed by atoms with Crippen LogP contribution in [0.1, 0.15) is 52.7 Å². The van der Waals surface area contributed by atoms with E-state index in [1.54, 1.807) is 0 Å². The molecule has 132 valence electrons. The first-order valence-electron chi connectivity index (χ1n) is 9.01. The molecular formula is C19H23N3O2S. The standard InChI is InChI=1S/C19H23N3O2S/c23-18(9-13-21-10-1-2-11-21)22-12-3-4-15(22)16-7-8-17(25-16)19(24)20-14-5-6-14/h1-2,7-8,10-11,14-15H,3-6,9,12-13H2,(H,20,24). The molecule has 1 saturated carbocycles. The monoisotopic (exact) mass is 357 g/mol. The lowest BCUT2D eigenvalue weighted by molar-refractivity contribution is -0.132. The van der Waals surface area contributed by atoms with Crippen LogP contribution >= 0.6 is 11.3 Å². The molecule has 1 atom stereocenters. The number of likely N-dealkylation sites (tertiary alicyclic amines) is 1. The number of aromatic nitrogens is 1. The van der Waals surface area contributed by atoms with Gasteiger partial charge in [-0.25, -0.2) is 0 Å². The SMILES string of the molecule is O=C(NC1CC1)c1ccc(C2CCCN2C(=O)CCn2cccc2)s1. The van der Waals surface area contributed by atoms with Crippen molar-refractivity contribution >= 4 is 23.2 Å². The van der Waals surface area contributed by atoms with Crippen molar-refractivity contribution in [3.8, 4) is 0 Å². The van der Waals surface area contributed by atoms with E-state index in [0.29, 0.717) is 19.0 Å². The van der Waals surface area contributed by atoms with Crippen LogP contribution in [0.25, 0.3) is 0 Å². The van der Waals surface area contributed by atoms with Gasteiger partial charge in [-0.3, -0.25) is 9.59 Å². The Morgan fingerprint density at radius 3 is 2.72 bits per heavy atom. The van der Waals surface area contributed by atoms with Crippen LogP contribution in [0.4, 0.5) is 0 Å². The highest BCUT2D eigenvalue weighted by atomic mass is 32.1. The van der Waals surface area contributed by atoms with Crippen molar-refractivity contribution in [2.24, 2.45) is 0 Å². The molecule has 2 aromatic heterocycles.